The molecule has 0 aromatic heterocycles. The lowest BCUT2D eigenvalue weighted by molar-refractivity contribution is 0.0939. The molecule has 0 saturated heterocycles. The first-order valence-electron chi connectivity index (χ1n) is 9.36. The van der Waals surface area contributed by atoms with Crippen LogP contribution < -0.4 is 10.0 Å². The Labute approximate surface area is 162 Å². The molecule has 2 rings (SSSR count). The van der Waals surface area contributed by atoms with Gasteiger partial charge >= 0.3 is 0 Å². The molecule has 0 spiro atoms. The third-order valence-corrected chi connectivity index (χ3v) is 5.98. The molecule has 0 fully saturated rings. The van der Waals surface area contributed by atoms with E-state index in [1.165, 1.54) is 12.1 Å². The largest absolute Gasteiger partial charge is 0.350 e. The highest BCUT2D eigenvalue weighted by molar-refractivity contribution is 7.92. The average Bonchev–Trinajstić information content (AvgIpc) is 2.67. The maximum Gasteiger partial charge on any atom is 0.261 e. The molecule has 1 atom stereocenters. The first-order valence-corrected chi connectivity index (χ1v) is 10.8. The first kappa shape index (κ1) is 21.0. The van der Waals surface area contributed by atoms with Gasteiger partial charge in [0.25, 0.3) is 15.9 Å². The normalized spacial score (nSPS) is 12.4. The van der Waals surface area contributed by atoms with E-state index in [0.717, 1.165) is 30.4 Å². The van der Waals surface area contributed by atoms with Gasteiger partial charge < -0.3 is 5.32 Å². The lowest BCUT2D eigenvalue weighted by atomic mass is 10.0. The zero-order chi connectivity index (χ0) is 20.0. The van der Waals surface area contributed by atoms with Crippen molar-refractivity contribution in [2.75, 3.05) is 4.72 Å². The van der Waals surface area contributed by atoms with E-state index in [2.05, 4.69) is 10.0 Å². The second-order valence-electron chi connectivity index (χ2n) is 6.57. The number of anilines is 1. The van der Waals surface area contributed by atoms with Gasteiger partial charge in [0, 0.05) is 11.6 Å². The molecule has 0 saturated carbocycles. The molecule has 2 N–H and O–H groups in total. The predicted octanol–water partition coefficient (Wildman–Crippen LogP) is 4.14. The Morgan fingerprint density at radius 2 is 1.59 bits per heavy atom. The van der Waals surface area contributed by atoms with E-state index >= 15 is 0 Å². The number of hydrogen-bond acceptors (Lipinski definition) is 3. The van der Waals surface area contributed by atoms with Crippen molar-refractivity contribution in [2.24, 2.45) is 0 Å². The highest BCUT2D eigenvalue weighted by Gasteiger charge is 2.19. The van der Waals surface area contributed by atoms with Crippen molar-refractivity contribution < 1.29 is 13.2 Å². The van der Waals surface area contributed by atoms with Gasteiger partial charge in [-0.25, -0.2) is 8.42 Å². The highest BCUT2D eigenvalue weighted by Crippen LogP contribution is 2.26. The lowest BCUT2D eigenvalue weighted by Crippen LogP contribution is -2.32. The molecule has 2 aromatic carbocycles. The van der Waals surface area contributed by atoms with Crippen LogP contribution in [0.3, 0.4) is 0 Å². The van der Waals surface area contributed by atoms with Gasteiger partial charge in [0.15, 0.2) is 0 Å². The van der Waals surface area contributed by atoms with Gasteiger partial charge in [-0.15, -0.1) is 0 Å². The molecule has 146 valence electrons. The quantitative estimate of drug-likeness (QED) is 0.714. The zero-order valence-corrected chi connectivity index (χ0v) is 17.2. The fraction of sp³-hybridized carbons (Fsp3) is 0.381. The Balaban J connectivity index is 2.36. The third-order valence-electron chi connectivity index (χ3n) is 4.63. The minimum Gasteiger partial charge on any atom is -0.350 e. The van der Waals surface area contributed by atoms with Gasteiger partial charge in [-0.1, -0.05) is 45.0 Å². The average molecular weight is 389 g/mol. The summed E-state index contributed by atoms with van der Waals surface area (Å²) in [6.07, 6.45) is 2.25. The van der Waals surface area contributed by atoms with E-state index < -0.39 is 10.0 Å². The summed E-state index contributed by atoms with van der Waals surface area (Å²) in [5.74, 6) is -0.274. The van der Waals surface area contributed by atoms with Gasteiger partial charge in [-0.2, -0.15) is 0 Å². The van der Waals surface area contributed by atoms with Crippen LogP contribution in [0.2, 0.25) is 0 Å². The smallest absolute Gasteiger partial charge is 0.261 e. The Kier molecular flexibility index (Phi) is 7.02. The number of sulfonamides is 1. The maximum atomic E-state index is 12.9. The van der Waals surface area contributed by atoms with E-state index in [1.807, 2.05) is 45.9 Å². The van der Waals surface area contributed by atoms with Crippen LogP contribution in [0, 0.1) is 0 Å². The number of amides is 1. The van der Waals surface area contributed by atoms with Crippen molar-refractivity contribution in [3.63, 3.8) is 0 Å². The summed E-state index contributed by atoms with van der Waals surface area (Å²) in [6, 6.07) is 11.9. The van der Waals surface area contributed by atoms with Crippen LogP contribution in [-0.4, -0.2) is 20.4 Å². The molecular formula is C21H28N2O3S. The third kappa shape index (κ3) is 5.10. The van der Waals surface area contributed by atoms with E-state index in [4.69, 9.17) is 0 Å². The van der Waals surface area contributed by atoms with E-state index in [9.17, 15) is 13.2 Å². The maximum absolute atomic E-state index is 12.9. The number of carbonyl (C=O) groups excluding carboxylic acids is 1. The van der Waals surface area contributed by atoms with Crippen LogP contribution in [0.1, 0.15) is 55.6 Å². The molecule has 0 aliphatic carbocycles. The highest BCUT2D eigenvalue weighted by atomic mass is 32.2. The molecule has 27 heavy (non-hydrogen) atoms. The molecule has 0 aliphatic heterocycles. The van der Waals surface area contributed by atoms with E-state index in [0.29, 0.717) is 11.3 Å². The second-order valence-corrected chi connectivity index (χ2v) is 8.26. The topological polar surface area (TPSA) is 75.3 Å². The summed E-state index contributed by atoms with van der Waals surface area (Å²) in [5.41, 5.74) is 2.86. The molecule has 5 nitrogen and oxygen atoms in total. The van der Waals surface area contributed by atoms with E-state index in [-0.39, 0.29) is 16.8 Å². The summed E-state index contributed by atoms with van der Waals surface area (Å²) in [7, 11) is -3.80. The minimum absolute atomic E-state index is 0.0273. The van der Waals surface area contributed by atoms with Crippen molar-refractivity contribution in [2.45, 2.75) is 57.9 Å². The van der Waals surface area contributed by atoms with Crippen LogP contribution >= 0.6 is 0 Å². The first-order chi connectivity index (χ1) is 12.8. The molecule has 0 radical (unpaired) electrons. The number of carbonyl (C=O) groups is 1. The SMILES string of the molecule is CCc1cccc(CC)c1NS(=O)(=O)c1cccc(C(=O)NC(C)CC)c1. The van der Waals surface area contributed by atoms with Crippen molar-refractivity contribution in [1.29, 1.82) is 0 Å². The Morgan fingerprint density at radius 1 is 1.00 bits per heavy atom. The van der Waals surface area contributed by atoms with Crippen LogP contribution in [0.4, 0.5) is 5.69 Å². The fourth-order valence-electron chi connectivity index (χ4n) is 2.78. The van der Waals surface area contributed by atoms with Crippen molar-refractivity contribution in [1.82, 2.24) is 5.32 Å². The zero-order valence-electron chi connectivity index (χ0n) is 16.4. The number of para-hydroxylation sites is 1. The molecule has 1 amide bonds. The Morgan fingerprint density at radius 3 is 2.15 bits per heavy atom. The molecule has 0 bridgehead atoms. The van der Waals surface area contributed by atoms with Gasteiger partial charge in [0.1, 0.15) is 0 Å². The van der Waals surface area contributed by atoms with Gasteiger partial charge in [0.05, 0.1) is 10.6 Å². The predicted molar refractivity (Wildman–Crippen MR) is 110 cm³/mol. The number of benzene rings is 2. The number of hydrogen-bond donors (Lipinski definition) is 2. The Hall–Kier alpha value is -2.34. The number of rotatable bonds is 8. The molecule has 2 aromatic rings. The summed E-state index contributed by atoms with van der Waals surface area (Å²) in [6.45, 7) is 7.87. The monoisotopic (exact) mass is 388 g/mol. The van der Waals surface area contributed by atoms with Crippen molar-refractivity contribution >= 4 is 21.6 Å². The van der Waals surface area contributed by atoms with E-state index in [1.54, 1.807) is 12.1 Å². The summed E-state index contributed by atoms with van der Waals surface area (Å²) < 4.78 is 28.6. The Bertz CT molecular complexity index is 885. The second kappa shape index (κ2) is 9.04. The van der Waals surface area contributed by atoms with Gasteiger partial charge in [-0.05, 0) is 55.5 Å². The van der Waals surface area contributed by atoms with Crippen LogP contribution in [0.25, 0.3) is 0 Å². The van der Waals surface area contributed by atoms with Crippen molar-refractivity contribution in [3.8, 4) is 0 Å². The summed E-state index contributed by atoms with van der Waals surface area (Å²) >= 11 is 0. The van der Waals surface area contributed by atoms with Crippen LogP contribution in [0.15, 0.2) is 47.4 Å². The molecule has 0 heterocycles. The van der Waals surface area contributed by atoms with Gasteiger partial charge in [-0.3, -0.25) is 9.52 Å². The fourth-order valence-corrected chi connectivity index (χ4v) is 3.97. The lowest BCUT2D eigenvalue weighted by Gasteiger charge is -2.16. The molecular weight excluding hydrogens is 360 g/mol. The standard InChI is InChI=1S/C21H28N2O3S/c1-5-15(4)22-21(24)18-12-9-13-19(14-18)27(25,26)23-20-16(6-2)10-8-11-17(20)7-3/h8-15,23H,5-7H2,1-4H3,(H,22,24). The molecule has 1 unspecified atom stereocenters. The minimum atomic E-state index is -3.80. The van der Waals surface area contributed by atoms with Crippen molar-refractivity contribution in [3.05, 3.63) is 59.2 Å². The van der Waals surface area contributed by atoms with Crippen LogP contribution in [0.5, 0.6) is 0 Å². The number of aryl methyl sites for hydroxylation is 2. The summed E-state index contributed by atoms with van der Waals surface area (Å²) in [4.78, 5) is 12.4. The van der Waals surface area contributed by atoms with Crippen LogP contribution in [-0.2, 0) is 22.9 Å². The summed E-state index contributed by atoms with van der Waals surface area (Å²) in [5, 5.41) is 2.86. The molecule has 6 heteroatoms. The van der Waals surface area contributed by atoms with Gasteiger partial charge in [0.2, 0.25) is 0 Å². The number of nitrogens with one attached hydrogen (secondary N) is 2. The molecule has 0 aliphatic rings.